The summed E-state index contributed by atoms with van der Waals surface area (Å²) in [7, 11) is 0. The molecule has 66 valence electrons. The van der Waals surface area contributed by atoms with Gasteiger partial charge >= 0.3 is 0 Å². The summed E-state index contributed by atoms with van der Waals surface area (Å²) in [6.07, 6.45) is 4.36. The Kier molecular flexibility index (Phi) is 1.81. The summed E-state index contributed by atoms with van der Waals surface area (Å²) >= 11 is 0. The number of hydrogen-bond donors (Lipinski definition) is 2. The normalized spacial score (nSPS) is 10.5. The minimum Gasteiger partial charge on any atom is -0.508 e. The standard InChI is InChI=1S/C11H11NO/c1-2-3-9-8-6-7-12-10(8)4-5-11(9)13/h2,4-7,12-13H,1,3H2. The Morgan fingerprint density at radius 3 is 3.00 bits per heavy atom. The summed E-state index contributed by atoms with van der Waals surface area (Å²) in [5.74, 6) is 0.340. The molecule has 2 N–H and O–H groups in total. The summed E-state index contributed by atoms with van der Waals surface area (Å²) < 4.78 is 0. The van der Waals surface area contributed by atoms with Crippen LogP contribution in [0.15, 0.2) is 37.1 Å². The fraction of sp³-hybridized carbons (Fsp3) is 0.0909. The lowest BCUT2D eigenvalue weighted by molar-refractivity contribution is 0.471. The lowest BCUT2D eigenvalue weighted by atomic mass is 10.1. The van der Waals surface area contributed by atoms with Crippen LogP contribution >= 0.6 is 0 Å². The highest BCUT2D eigenvalue weighted by Gasteiger charge is 2.05. The molecule has 1 aromatic heterocycles. The maximum absolute atomic E-state index is 9.60. The van der Waals surface area contributed by atoms with E-state index >= 15 is 0 Å². The van der Waals surface area contributed by atoms with E-state index in [-0.39, 0.29) is 0 Å². The lowest BCUT2D eigenvalue weighted by Gasteiger charge is -2.02. The van der Waals surface area contributed by atoms with E-state index in [1.807, 2.05) is 18.3 Å². The molecule has 0 fully saturated rings. The first-order chi connectivity index (χ1) is 6.33. The number of phenols is 1. The molecule has 0 unspecified atom stereocenters. The fourth-order valence-corrected chi connectivity index (χ4v) is 1.54. The molecular weight excluding hydrogens is 162 g/mol. The van der Waals surface area contributed by atoms with Gasteiger partial charge in [-0.05, 0) is 24.6 Å². The van der Waals surface area contributed by atoms with Crippen molar-refractivity contribution in [2.75, 3.05) is 0 Å². The van der Waals surface area contributed by atoms with Crippen LogP contribution in [0.3, 0.4) is 0 Å². The summed E-state index contributed by atoms with van der Waals surface area (Å²) in [6.45, 7) is 3.67. The van der Waals surface area contributed by atoms with Gasteiger partial charge in [0.15, 0.2) is 0 Å². The van der Waals surface area contributed by atoms with Gasteiger partial charge in [-0.1, -0.05) is 6.08 Å². The van der Waals surface area contributed by atoms with Crippen molar-refractivity contribution in [1.29, 1.82) is 0 Å². The molecule has 0 amide bonds. The number of aromatic amines is 1. The largest absolute Gasteiger partial charge is 0.508 e. The van der Waals surface area contributed by atoms with Crippen LogP contribution in [0, 0.1) is 0 Å². The van der Waals surface area contributed by atoms with Crippen LogP contribution in [-0.2, 0) is 6.42 Å². The number of H-pyrrole nitrogens is 1. The van der Waals surface area contributed by atoms with Crippen molar-refractivity contribution in [3.8, 4) is 5.75 Å². The molecule has 0 radical (unpaired) electrons. The van der Waals surface area contributed by atoms with Crippen molar-refractivity contribution in [2.45, 2.75) is 6.42 Å². The van der Waals surface area contributed by atoms with Gasteiger partial charge in [0.25, 0.3) is 0 Å². The number of aromatic hydroxyl groups is 1. The first-order valence-corrected chi connectivity index (χ1v) is 4.22. The minimum atomic E-state index is 0.340. The molecule has 2 heteroatoms. The topological polar surface area (TPSA) is 36.0 Å². The van der Waals surface area contributed by atoms with Gasteiger partial charge in [0.1, 0.15) is 5.75 Å². The van der Waals surface area contributed by atoms with E-state index in [2.05, 4.69) is 11.6 Å². The van der Waals surface area contributed by atoms with Crippen LogP contribution in [0.5, 0.6) is 5.75 Å². The molecule has 2 nitrogen and oxygen atoms in total. The summed E-state index contributed by atoms with van der Waals surface area (Å²) in [4.78, 5) is 3.10. The highest BCUT2D eigenvalue weighted by Crippen LogP contribution is 2.26. The molecule has 0 saturated carbocycles. The van der Waals surface area contributed by atoms with Crippen molar-refractivity contribution in [3.05, 3.63) is 42.6 Å². The van der Waals surface area contributed by atoms with Gasteiger partial charge in [-0.15, -0.1) is 6.58 Å². The first-order valence-electron chi connectivity index (χ1n) is 4.22. The number of hydrogen-bond acceptors (Lipinski definition) is 1. The molecule has 0 atom stereocenters. The third-order valence-electron chi connectivity index (χ3n) is 2.17. The van der Waals surface area contributed by atoms with E-state index in [4.69, 9.17) is 0 Å². The molecule has 13 heavy (non-hydrogen) atoms. The van der Waals surface area contributed by atoms with Gasteiger partial charge < -0.3 is 10.1 Å². The van der Waals surface area contributed by atoms with E-state index in [9.17, 15) is 5.11 Å². The minimum absolute atomic E-state index is 0.340. The van der Waals surface area contributed by atoms with E-state index in [0.717, 1.165) is 16.5 Å². The van der Waals surface area contributed by atoms with Crippen LogP contribution in [0.1, 0.15) is 5.56 Å². The molecule has 1 aromatic carbocycles. The monoisotopic (exact) mass is 173 g/mol. The Morgan fingerprint density at radius 2 is 2.23 bits per heavy atom. The van der Waals surface area contributed by atoms with Gasteiger partial charge in [-0.2, -0.15) is 0 Å². The molecule has 0 aliphatic rings. The van der Waals surface area contributed by atoms with E-state index in [1.54, 1.807) is 12.1 Å². The van der Waals surface area contributed by atoms with Gasteiger partial charge in [0.2, 0.25) is 0 Å². The van der Waals surface area contributed by atoms with Gasteiger partial charge in [0.05, 0.1) is 0 Å². The summed E-state index contributed by atoms with van der Waals surface area (Å²) in [6, 6.07) is 5.54. The Balaban J connectivity index is 2.72. The van der Waals surface area contributed by atoms with Crippen molar-refractivity contribution in [3.63, 3.8) is 0 Å². The maximum atomic E-state index is 9.60. The fourth-order valence-electron chi connectivity index (χ4n) is 1.54. The molecule has 0 bridgehead atoms. The van der Waals surface area contributed by atoms with Crippen LogP contribution in [0.4, 0.5) is 0 Å². The third-order valence-corrected chi connectivity index (χ3v) is 2.17. The zero-order valence-corrected chi connectivity index (χ0v) is 7.25. The smallest absolute Gasteiger partial charge is 0.119 e. The molecule has 0 spiro atoms. The first kappa shape index (κ1) is 7.92. The molecule has 2 rings (SSSR count). The van der Waals surface area contributed by atoms with Crippen LogP contribution < -0.4 is 0 Å². The van der Waals surface area contributed by atoms with Gasteiger partial charge in [-0.3, -0.25) is 0 Å². The number of aromatic nitrogens is 1. The Hall–Kier alpha value is -1.70. The molecule has 0 aliphatic heterocycles. The number of allylic oxidation sites excluding steroid dienone is 1. The summed E-state index contributed by atoms with van der Waals surface area (Å²) in [5, 5.41) is 10.7. The predicted molar refractivity (Wildman–Crippen MR) is 53.9 cm³/mol. The van der Waals surface area contributed by atoms with Crippen molar-refractivity contribution in [2.24, 2.45) is 0 Å². The second-order valence-electron chi connectivity index (χ2n) is 2.99. The SMILES string of the molecule is C=CCc1c(O)ccc2[nH]ccc12. The second-order valence-corrected chi connectivity index (χ2v) is 2.99. The molecular formula is C11H11NO. The third kappa shape index (κ3) is 1.20. The van der Waals surface area contributed by atoms with Crippen LogP contribution in [0.25, 0.3) is 10.9 Å². The highest BCUT2D eigenvalue weighted by atomic mass is 16.3. The van der Waals surface area contributed by atoms with E-state index in [1.165, 1.54) is 0 Å². The Bertz CT molecular complexity index is 442. The number of benzene rings is 1. The highest BCUT2D eigenvalue weighted by molar-refractivity contribution is 5.85. The average Bonchev–Trinajstić information content (AvgIpc) is 2.58. The maximum Gasteiger partial charge on any atom is 0.119 e. The van der Waals surface area contributed by atoms with Crippen molar-refractivity contribution >= 4 is 10.9 Å². The second kappa shape index (κ2) is 2.98. The van der Waals surface area contributed by atoms with E-state index in [0.29, 0.717) is 12.2 Å². The molecule has 0 aliphatic carbocycles. The number of nitrogens with one attached hydrogen (secondary N) is 1. The van der Waals surface area contributed by atoms with Crippen LogP contribution in [0.2, 0.25) is 0 Å². The van der Waals surface area contributed by atoms with Gasteiger partial charge in [-0.25, -0.2) is 0 Å². The van der Waals surface area contributed by atoms with Crippen molar-refractivity contribution in [1.82, 2.24) is 4.98 Å². The Morgan fingerprint density at radius 1 is 1.38 bits per heavy atom. The average molecular weight is 173 g/mol. The molecule has 2 aromatic rings. The lowest BCUT2D eigenvalue weighted by Crippen LogP contribution is -1.83. The number of phenolic OH excluding ortho intramolecular Hbond substituents is 1. The molecule has 1 heterocycles. The summed E-state index contributed by atoms with van der Waals surface area (Å²) in [5.41, 5.74) is 1.99. The molecule has 0 saturated heterocycles. The zero-order valence-electron chi connectivity index (χ0n) is 7.25. The Labute approximate surface area is 76.5 Å². The number of fused-ring (bicyclic) bond motifs is 1. The number of rotatable bonds is 2. The zero-order chi connectivity index (χ0) is 9.26. The van der Waals surface area contributed by atoms with Gasteiger partial charge in [0, 0.05) is 22.7 Å². The van der Waals surface area contributed by atoms with Crippen molar-refractivity contribution < 1.29 is 5.11 Å². The quantitative estimate of drug-likeness (QED) is 0.673. The van der Waals surface area contributed by atoms with E-state index < -0.39 is 0 Å². The van der Waals surface area contributed by atoms with Crippen LogP contribution in [-0.4, -0.2) is 10.1 Å². The predicted octanol–water partition coefficient (Wildman–Crippen LogP) is 2.60.